The van der Waals surface area contributed by atoms with E-state index in [9.17, 15) is 20.1 Å². The zero-order chi connectivity index (χ0) is 37.3. The van der Waals surface area contributed by atoms with Crippen molar-refractivity contribution in [1.82, 2.24) is 5.32 Å². The van der Waals surface area contributed by atoms with Gasteiger partial charge in [0.25, 0.3) is 0 Å². The minimum Gasteiger partial charge on any atom is -0.394 e. The van der Waals surface area contributed by atoms with Gasteiger partial charge in [0.2, 0.25) is 5.91 Å². The van der Waals surface area contributed by atoms with Gasteiger partial charge < -0.3 is 20.6 Å². The van der Waals surface area contributed by atoms with Crippen LogP contribution in [-0.4, -0.2) is 46.1 Å². The average molecular weight is 724 g/mol. The van der Waals surface area contributed by atoms with E-state index in [4.69, 9.17) is 0 Å². The van der Waals surface area contributed by atoms with Crippen LogP contribution < -0.4 is 5.32 Å². The van der Waals surface area contributed by atoms with E-state index < -0.39 is 18.2 Å². The molecule has 0 aromatic carbocycles. The maximum absolute atomic E-state index is 12.4. The number of carbonyl (C=O) groups is 1. The molecule has 0 aliphatic rings. The van der Waals surface area contributed by atoms with Gasteiger partial charge in [-0.05, 0) is 12.8 Å². The molecule has 1 amide bonds. The van der Waals surface area contributed by atoms with Gasteiger partial charge >= 0.3 is 0 Å². The Balaban J connectivity index is 3.55. The minimum atomic E-state index is -1.13. The average Bonchev–Trinajstić information content (AvgIpc) is 3.13. The maximum Gasteiger partial charge on any atom is 0.220 e. The van der Waals surface area contributed by atoms with Gasteiger partial charge in [0.1, 0.15) is 6.10 Å². The van der Waals surface area contributed by atoms with E-state index >= 15 is 0 Å². The second-order valence-corrected chi connectivity index (χ2v) is 16.3. The van der Waals surface area contributed by atoms with E-state index in [0.29, 0.717) is 12.8 Å². The van der Waals surface area contributed by atoms with Gasteiger partial charge in [-0.1, -0.05) is 245 Å². The Morgan fingerprint density at radius 3 is 0.941 bits per heavy atom. The lowest BCUT2D eigenvalue weighted by atomic mass is 9.99. The Morgan fingerprint density at radius 2 is 0.667 bits per heavy atom. The first-order valence-corrected chi connectivity index (χ1v) is 23.3. The molecule has 0 aromatic heterocycles. The van der Waals surface area contributed by atoms with Crippen LogP contribution in [0.2, 0.25) is 0 Å². The van der Waals surface area contributed by atoms with Gasteiger partial charge in [-0.3, -0.25) is 4.79 Å². The highest BCUT2D eigenvalue weighted by Crippen LogP contribution is 2.17. The molecule has 0 spiro atoms. The third-order valence-corrected chi connectivity index (χ3v) is 11.2. The summed E-state index contributed by atoms with van der Waals surface area (Å²) >= 11 is 0. The van der Waals surface area contributed by atoms with Crippen LogP contribution in [0.3, 0.4) is 0 Å². The molecule has 0 aliphatic heterocycles. The van der Waals surface area contributed by atoms with Crippen LogP contribution in [0.5, 0.6) is 0 Å². The van der Waals surface area contributed by atoms with Gasteiger partial charge in [-0.2, -0.15) is 0 Å². The van der Waals surface area contributed by atoms with Crippen molar-refractivity contribution < 1.29 is 20.1 Å². The summed E-state index contributed by atoms with van der Waals surface area (Å²) in [5, 5.41) is 33.6. The van der Waals surface area contributed by atoms with E-state index in [0.717, 1.165) is 32.1 Å². The molecule has 0 rings (SSSR count). The molecule has 0 radical (unpaired) electrons. The first-order valence-electron chi connectivity index (χ1n) is 23.3. The molecule has 51 heavy (non-hydrogen) atoms. The molecule has 0 saturated heterocycles. The number of unbranched alkanes of at least 4 members (excludes halogenated alkanes) is 35. The second-order valence-electron chi connectivity index (χ2n) is 16.3. The number of aliphatic hydroxyl groups is 3. The first-order chi connectivity index (χ1) is 25.1. The van der Waals surface area contributed by atoms with E-state index in [-0.39, 0.29) is 12.5 Å². The number of carbonyl (C=O) groups excluding carboxylic acids is 1. The van der Waals surface area contributed by atoms with Gasteiger partial charge in [0.05, 0.1) is 18.8 Å². The Labute approximate surface area is 319 Å². The molecule has 0 fully saturated rings. The topological polar surface area (TPSA) is 89.8 Å². The van der Waals surface area contributed by atoms with Crippen LogP contribution in [0.25, 0.3) is 0 Å². The lowest BCUT2D eigenvalue weighted by Gasteiger charge is -2.26. The fourth-order valence-corrected chi connectivity index (χ4v) is 7.58. The van der Waals surface area contributed by atoms with Gasteiger partial charge in [0, 0.05) is 6.42 Å². The first kappa shape index (κ1) is 50.4. The van der Waals surface area contributed by atoms with E-state index in [1.165, 1.54) is 205 Å². The fraction of sp³-hybridized carbons (Fsp3) is 0.978. The number of rotatable bonds is 43. The van der Waals surface area contributed by atoms with Crippen LogP contribution in [0.1, 0.15) is 264 Å². The Hall–Kier alpha value is -0.650. The molecule has 3 atom stereocenters. The van der Waals surface area contributed by atoms with Crippen molar-refractivity contribution in [3.8, 4) is 0 Å². The van der Waals surface area contributed by atoms with Gasteiger partial charge in [0.15, 0.2) is 0 Å². The summed E-state index contributed by atoms with van der Waals surface area (Å²) in [6.07, 6.45) is 47.9. The van der Waals surface area contributed by atoms with Crippen molar-refractivity contribution >= 4 is 5.91 Å². The van der Waals surface area contributed by atoms with Crippen LogP contribution >= 0.6 is 0 Å². The smallest absolute Gasteiger partial charge is 0.220 e. The van der Waals surface area contributed by atoms with Gasteiger partial charge in [-0.25, -0.2) is 0 Å². The predicted octanol–water partition coefficient (Wildman–Crippen LogP) is 13.4. The highest BCUT2D eigenvalue weighted by atomic mass is 16.3. The van der Waals surface area contributed by atoms with Crippen LogP contribution in [-0.2, 0) is 4.79 Å². The number of hydrogen-bond acceptors (Lipinski definition) is 4. The van der Waals surface area contributed by atoms with Crippen molar-refractivity contribution in [2.75, 3.05) is 6.61 Å². The third-order valence-electron chi connectivity index (χ3n) is 11.2. The van der Waals surface area contributed by atoms with E-state index in [2.05, 4.69) is 19.2 Å². The Bertz CT molecular complexity index is 674. The standard InChI is InChI=1S/C46H93NO4/c1-3-5-7-9-11-13-15-17-19-20-21-22-23-24-25-27-28-30-32-34-36-38-40-44(49)46(51)43(42-48)47-45(50)41-39-37-35-33-31-29-26-18-16-14-12-10-8-6-4-2/h43-44,46,48-49,51H,3-42H2,1-2H3,(H,47,50). The van der Waals surface area contributed by atoms with Gasteiger partial charge in [-0.15, -0.1) is 0 Å². The van der Waals surface area contributed by atoms with Crippen molar-refractivity contribution in [2.24, 2.45) is 0 Å². The summed E-state index contributed by atoms with van der Waals surface area (Å²) in [6, 6.07) is -0.802. The highest BCUT2D eigenvalue weighted by molar-refractivity contribution is 5.76. The van der Waals surface area contributed by atoms with Crippen LogP contribution in [0.4, 0.5) is 0 Å². The zero-order valence-corrected chi connectivity index (χ0v) is 34.8. The minimum absolute atomic E-state index is 0.140. The molecular weight excluding hydrogens is 631 g/mol. The molecule has 3 unspecified atom stereocenters. The zero-order valence-electron chi connectivity index (χ0n) is 34.8. The second kappa shape index (κ2) is 42.1. The fourth-order valence-electron chi connectivity index (χ4n) is 7.58. The molecule has 0 saturated carbocycles. The van der Waals surface area contributed by atoms with Crippen molar-refractivity contribution in [3.63, 3.8) is 0 Å². The Kier molecular flexibility index (Phi) is 41.6. The molecule has 5 heteroatoms. The monoisotopic (exact) mass is 724 g/mol. The number of aliphatic hydroxyl groups excluding tert-OH is 3. The maximum atomic E-state index is 12.4. The predicted molar refractivity (Wildman–Crippen MR) is 222 cm³/mol. The molecule has 306 valence electrons. The molecule has 0 aliphatic carbocycles. The van der Waals surface area contributed by atoms with Crippen LogP contribution in [0.15, 0.2) is 0 Å². The summed E-state index contributed by atoms with van der Waals surface area (Å²) in [7, 11) is 0. The summed E-state index contributed by atoms with van der Waals surface area (Å²) < 4.78 is 0. The van der Waals surface area contributed by atoms with E-state index in [1.54, 1.807) is 0 Å². The van der Waals surface area contributed by atoms with Crippen LogP contribution in [0, 0.1) is 0 Å². The SMILES string of the molecule is CCCCCCCCCCCCCCCCCCCCCCCCC(O)C(O)C(CO)NC(=O)CCCCCCCCCCCCCCCCC. The summed E-state index contributed by atoms with van der Waals surface area (Å²) in [4.78, 5) is 12.4. The molecule has 5 nitrogen and oxygen atoms in total. The molecule has 0 heterocycles. The van der Waals surface area contributed by atoms with Crippen molar-refractivity contribution in [2.45, 2.75) is 283 Å². The summed E-state index contributed by atoms with van der Waals surface area (Å²) in [5.41, 5.74) is 0. The molecular formula is C46H93NO4. The third kappa shape index (κ3) is 37.5. The highest BCUT2D eigenvalue weighted by Gasteiger charge is 2.26. The summed E-state index contributed by atoms with van der Waals surface area (Å²) in [5.74, 6) is -0.140. The lowest BCUT2D eigenvalue weighted by molar-refractivity contribution is -0.124. The lowest BCUT2D eigenvalue weighted by Crippen LogP contribution is -2.50. The Morgan fingerprint density at radius 1 is 0.412 bits per heavy atom. The summed E-state index contributed by atoms with van der Waals surface area (Å²) in [6.45, 7) is 4.20. The molecule has 4 N–H and O–H groups in total. The molecule has 0 aromatic rings. The quantitative estimate of drug-likeness (QED) is 0.0472. The van der Waals surface area contributed by atoms with Crippen molar-refractivity contribution in [1.29, 1.82) is 0 Å². The molecule has 0 bridgehead atoms. The number of hydrogen-bond donors (Lipinski definition) is 4. The van der Waals surface area contributed by atoms with Crippen molar-refractivity contribution in [3.05, 3.63) is 0 Å². The number of amides is 1. The normalized spacial score (nSPS) is 13.4. The van der Waals surface area contributed by atoms with E-state index in [1.807, 2.05) is 0 Å². The largest absolute Gasteiger partial charge is 0.394 e. The number of nitrogens with one attached hydrogen (secondary N) is 1.